The fourth-order valence-corrected chi connectivity index (χ4v) is 3.71. The molecule has 6 nitrogen and oxygen atoms in total. The highest BCUT2D eigenvalue weighted by Gasteiger charge is 2.37. The van der Waals surface area contributed by atoms with E-state index in [2.05, 4.69) is 15.9 Å². The zero-order valence-corrected chi connectivity index (χ0v) is 16.2. The lowest BCUT2D eigenvalue weighted by molar-refractivity contribution is -0.141. The molecule has 0 atom stereocenters. The Hall–Kier alpha value is -2.89. The summed E-state index contributed by atoms with van der Waals surface area (Å²) in [7, 11) is -3.99. The number of hydrogen-bond donors (Lipinski definition) is 0. The second kappa shape index (κ2) is 8.23. The normalized spacial score (nSPS) is 11.6. The molecule has 0 spiro atoms. The molecule has 12 heteroatoms. The Labute approximate surface area is 168 Å². The minimum Gasteiger partial charge on any atom is -0.257 e. The van der Waals surface area contributed by atoms with Crippen LogP contribution in [-0.2, 0) is 16.2 Å². The number of aromatic nitrogens is 2. The smallest absolute Gasteiger partial charge is 0.257 e. The minimum absolute atomic E-state index is 0.313. The second-order valence-electron chi connectivity index (χ2n) is 5.45. The molecular formula is C17H11ClF4N4O2S. The Balaban J connectivity index is 2.83. The van der Waals surface area contributed by atoms with E-state index in [1.807, 2.05) is 0 Å². The topological polar surface area (TPSA) is 86.9 Å². The average molecular weight is 447 g/mol. The lowest BCUT2D eigenvalue weighted by Crippen LogP contribution is -2.33. The summed E-state index contributed by atoms with van der Waals surface area (Å²) in [4.78, 5) is 6.66. The van der Waals surface area contributed by atoms with Crippen molar-refractivity contribution in [3.63, 3.8) is 0 Å². The monoisotopic (exact) mass is 446 g/mol. The van der Waals surface area contributed by atoms with Gasteiger partial charge in [-0.15, -0.1) is 6.42 Å². The first-order chi connectivity index (χ1) is 13.5. The van der Waals surface area contributed by atoms with Crippen LogP contribution in [-0.4, -0.2) is 30.7 Å². The number of nitriles is 1. The van der Waals surface area contributed by atoms with Gasteiger partial charge in [-0.2, -0.15) is 18.4 Å². The molecule has 152 valence electrons. The predicted octanol–water partition coefficient (Wildman–Crippen LogP) is 3.62. The van der Waals surface area contributed by atoms with Crippen molar-refractivity contribution in [2.75, 3.05) is 16.6 Å². The molecule has 29 heavy (non-hydrogen) atoms. The number of alkyl halides is 3. The fraction of sp³-hybridized carbons (Fsp3) is 0.235. The number of rotatable bonds is 5. The van der Waals surface area contributed by atoms with E-state index in [9.17, 15) is 31.2 Å². The fourth-order valence-electron chi connectivity index (χ4n) is 2.37. The Kier molecular flexibility index (Phi) is 6.36. The minimum atomic E-state index is -4.93. The van der Waals surface area contributed by atoms with Crippen molar-refractivity contribution in [3.8, 4) is 29.7 Å². The molecule has 0 saturated heterocycles. The summed E-state index contributed by atoms with van der Waals surface area (Å²) in [5.41, 5.74) is -3.36. The van der Waals surface area contributed by atoms with Crippen molar-refractivity contribution in [1.82, 2.24) is 9.97 Å². The predicted molar refractivity (Wildman–Crippen MR) is 97.8 cm³/mol. The number of halogens is 5. The third-order valence-electron chi connectivity index (χ3n) is 3.72. The molecule has 0 amide bonds. The summed E-state index contributed by atoms with van der Waals surface area (Å²) in [6.45, 7) is 0.841. The van der Waals surface area contributed by atoms with Gasteiger partial charge in [-0.25, -0.2) is 22.8 Å². The van der Waals surface area contributed by atoms with Gasteiger partial charge in [0.2, 0.25) is 10.0 Å². The maximum Gasteiger partial charge on any atom is 0.434 e. The third-order valence-corrected chi connectivity index (χ3v) is 5.81. The molecular weight excluding hydrogens is 436 g/mol. The molecule has 0 fully saturated rings. The molecule has 2 aromatic rings. The molecule has 0 aliphatic heterocycles. The van der Waals surface area contributed by atoms with Crippen LogP contribution in [0.15, 0.2) is 18.5 Å². The first-order valence-corrected chi connectivity index (χ1v) is 9.72. The van der Waals surface area contributed by atoms with E-state index < -0.39 is 56.3 Å². The van der Waals surface area contributed by atoms with Gasteiger partial charge >= 0.3 is 6.18 Å². The van der Waals surface area contributed by atoms with Crippen LogP contribution < -0.4 is 4.31 Å². The van der Waals surface area contributed by atoms with Gasteiger partial charge in [0, 0.05) is 5.56 Å². The van der Waals surface area contributed by atoms with Gasteiger partial charge in [0.1, 0.15) is 18.2 Å². The molecule has 2 rings (SSSR count). The Bertz CT molecular complexity index is 1140. The van der Waals surface area contributed by atoms with Gasteiger partial charge in [-0.1, -0.05) is 17.5 Å². The van der Waals surface area contributed by atoms with Crippen molar-refractivity contribution in [2.24, 2.45) is 0 Å². The largest absolute Gasteiger partial charge is 0.434 e. The van der Waals surface area contributed by atoms with E-state index in [1.54, 1.807) is 6.07 Å². The van der Waals surface area contributed by atoms with Gasteiger partial charge in [0.05, 0.1) is 34.3 Å². The van der Waals surface area contributed by atoms with Gasteiger partial charge in [0.15, 0.2) is 5.69 Å². The van der Waals surface area contributed by atoms with Crippen LogP contribution in [0.5, 0.6) is 0 Å². The zero-order valence-electron chi connectivity index (χ0n) is 14.6. The van der Waals surface area contributed by atoms with Crippen molar-refractivity contribution in [1.29, 1.82) is 5.26 Å². The first-order valence-electron chi connectivity index (χ1n) is 7.73. The number of nitrogens with zero attached hydrogens (tertiary/aromatic N) is 4. The summed E-state index contributed by atoms with van der Waals surface area (Å²) in [5, 5.41) is 8.30. The van der Waals surface area contributed by atoms with Crippen LogP contribution in [0.3, 0.4) is 0 Å². The molecule has 0 aliphatic carbocycles. The maximum atomic E-state index is 14.6. The van der Waals surface area contributed by atoms with E-state index in [4.69, 9.17) is 18.0 Å². The summed E-state index contributed by atoms with van der Waals surface area (Å²) in [6, 6.07) is 3.18. The lowest BCUT2D eigenvalue weighted by Gasteiger charge is -2.23. The Morgan fingerprint density at radius 1 is 1.31 bits per heavy atom. The Morgan fingerprint density at radius 2 is 1.97 bits per heavy atom. The van der Waals surface area contributed by atoms with E-state index >= 15 is 0 Å². The van der Waals surface area contributed by atoms with Crippen LogP contribution in [0.2, 0.25) is 5.02 Å². The van der Waals surface area contributed by atoms with Crippen LogP contribution in [0.1, 0.15) is 18.2 Å². The standard InChI is InChI=1S/C17H11ClF4N4O2S/c1-3-5-26(29(27,28)4-2)13-7-11(12(19)6-10(13)8-23)15-14(18)16(17(20,21)22)25-9-24-15/h1,6-7,9H,4-5H2,2H3. The van der Waals surface area contributed by atoms with E-state index in [0.717, 1.165) is 6.07 Å². The number of terminal acetylenes is 1. The SMILES string of the molecule is C#CCN(c1cc(-c2ncnc(C(F)(F)F)c2Cl)c(F)cc1C#N)S(=O)(=O)CC. The summed E-state index contributed by atoms with van der Waals surface area (Å²) >= 11 is 5.74. The molecule has 0 aliphatic rings. The molecule has 0 unspecified atom stereocenters. The van der Waals surface area contributed by atoms with Crippen molar-refractivity contribution < 1.29 is 26.0 Å². The first kappa shape index (κ1) is 22.4. The quantitative estimate of drug-likeness (QED) is 0.517. The number of benzene rings is 1. The average Bonchev–Trinajstić information content (AvgIpc) is 2.65. The molecule has 0 saturated carbocycles. The van der Waals surface area contributed by atoms with E-state index in [-0.39, 0.29) is 11.3 Å². The second-order valence-corrected chi connectivity index (χ2v) is 8.01. The van der Waals surface area contributed by atoms with Crippen molar-refractivity contribution in [2.45, 2.75) is 13.1 Å². The van der Waals surface area contributed by atoms with Gasteiger partial charge in [-0.3, -0.25) is 4.31 Å². The number of sulfonamides is 1. The van der Waals surface area contributed by atoms with E-state index in [1.165, 1.54) is 6.92 Å². The summed E-state index contributed by atoms with van der Waals surface area (Å²) < 4.78 is 79.2. The summed E-state index contributed by atoms with van der Waals surface area (Å²) in [6.07, 6.45) is 0.817. The van der Waals surface area contributed by atoms with Crippen molar-refractivity contribution >= 4 is 27.3 Å². The van der Waals surface area contributed by atoms with Crippen LogP contribution in [0, 0.1) is 29.5 Å². The third kappa shape index (κ3) is 4.42. The highest BCUT2D eigenvalue weighted by Crippen LogP contribution is 2.39. The maximum absolute atomic E-state index is 14.6. The van der Waals surface area contributed by atoms with Crippen LogP contribution in [0.4, 0.5) is 23.2 Å². The van der Waals surface area contributed by atoms with Gasteiger partial charge in [0.25, 0.3) is 0 Å². The molecule has 0 bridgehead atoms. The molecule has 0 N–H and O–H groups in total. The van der Waals surface area contributed by atoms with E-state index in [0.29, 0.717) is 16.7 Å². The van der Waals surface area contributed by atoms with Crippen LogP contribution in [0.25, 0.3) is 11.3 Å². The van der Waals surface area contributed by atoms with Gasteiger partial charge < -0.3 is 0 Å². The van der Waals surface area contributed by atoms with Crippen LogP contribution >= 0.6 is 11.6 Å². The highest BCUT2D eigenvalue weighted by molar-refractivity contribution is 7.92. The van der Waals surface area contributed by atoms with Gasteiger partial charge in [-0.05, 0) is 19.1 Å². The number of anilines is 1. The highest BCUT2D eigenvalue weighted by atomic mass is 35.5. The molecule has 0 radical (unpaired) electrons. The molecule has 1 aromatic heterocycles. The summed E-state index contributed by atoms with van der Waals surface area (Å²) in [5.74, 6) is 0.594. The Morgan fingerprint density at radius 3 is 2.48 bits per heavy atom. The number of hydrogen-bond acceptors (Lipinski definition) is 5. The molecule has 1 heterocycles. The van der Waals surface area contributed by atoms with Crippen molar-refractivity contribution in [3.05, 3.63) is 40.6 Å². The lowest BCUT2D eigenvalue weighted by atomic mass is 10.0. The zero-order chi connectivity index (χ0) is 22.0. The molecule has 1 aromatic carbocycles.